The van der Waals surface area contributed by atoms with E-state index >= 15 is 0 Å². The minimum atomic E-state index is -0.0371. The molecule has 0 unspecified atom stereocenters. The van der Waals surface area contributed by atoms with Gasteiger partial charge in [0.25, 0.3) is 0 Å². The zero-order valence-corrected chi connectivity index (χ0v) is 10.1. The largest absolute Gasteiger partial charge is 0.394 e. The fourth-order valence-corrected chi connectivity index (χ4v) is 2.45. The van der Waals surface area contributed by atoms with Crippen LogP contribution in [0.1, 0.15) is 5.56 Å². The molecule has 0 radical (unpaired) electrons. The van der Waals surface area contributed by atoms with E-state index in [9.17, 15) is 5.11 Å². The van der Waals surface area contributed by atoms with E-state index in [1.165, 1.54) is 5.56 Å². The minimum absolute atomic E-state index is 0.0371. The summed E-state index contributed by atoms with van der Waals surface area (Å²) < 4.78 is 0. The van der Waals surface area contributed by atoms with Gasteiger partial charge >= 0.3 is 0 Å². The zero-order valence-electron chi connectivity index (χ0n) is 10.1. The molecule has 1 N–H and O–H groups in total. The van der Waals surface area contributed by atoms with Crippen LogP contribution in [0.2, 0.25) is 0 Å². The Morgan fingerprint density at radius 1 is 1.31 bits per heavy atom. The second-order valence-electron chi connectivity index (χ2n) is 4.90. The van der Waals surface area contributed by atoms with Gasteiger partial charge in [-0.05, 0) is 19.7 Å². The fourth-order valence-electron chi connectivity index (χ4n) is 2.45. The molecular weight excluding hydrogens is 200 g/mol. The molecule has 0 aliphatic carbocycles. The molecule has 0 aromatic heterocycles. The first-order chi connectivity index (χ1) is 7.66. The predicted octanol–water partition coefficient (Wildman–Crippen LogP) is 0.795. The van der Waals surface area contributed by atoms with Crippen LogP contribution >= 0.6 is 0 Å². The highest BCUT2D eigenvalue weighted by molar-refractivity contribution is 5.15. The van der Waals surface area contributed by atoms with E-state index in [1.54, 1.807) is 0 Å². The van der Waals surface area contributed by atoms with Gasteiger partial charge in [-0.2, -0.15) is 0 Å². The molecule has 0 amide bonds. The summed E-state index contributed by atoms with van der Waals surface area (Å²) in [5, 5.41) is 9.53. The summed E-state index contributed by atoms with van der Waals surface area (Å²) >= 11 is 0. The number of likely N-dealkylation sites (tertiary alicyclic amines) is 1. The van der Waals surface area contributed by atoms with Crippen molar-refractivity contribution in [2.75, 3.05) is 33.8 Å². The van der Waals surface area contributed by atoms with E-state index in [4.69, 9.17) is 0 Å². The Balaban J connectivity index is 2.00. The molecule has 1 aliphatic heterocycles. The van der Waals surface area contributed by atoms with Crippen molar-refractivity contribution in [3.05, 3.63) is 35.9 Å². The van der Waals surface area contributed by atoms with Gasteiger partial charge in [-0.25, -0.2) is 0 Å². The van der Waals surface area contributed by atoms with Crippen LogP contribution in [0, 0.1) is 0 Å². The number of hydrogen-bond acceptors (Lipinski definition) is 3. The van der Waals surface area contributed by atoms with Crippen molar-refractivity contribution in [2.45, 2.75) is 12.1 Å². The zero-order chi connectivity index (χ0) is 11.6. The summed E-state index contributed by atoms with van der Waals surface area (Å²) in [5.74, 6) is 0. The molecule has 2 rings (SSSR count). The van der Waals surface area contributed by atoms with Crippen LogP contribution in [0.3, 0.4) is 0 Å². The topological polar surface area (TPSA) is 26.7 Å². The third kappa shape index (κ3) is 2.12. The number of aliphatic hydroxyl groups is 1. The van der Waals surface area contributed by atoms with Crippen LogP contribution in [-0.2, 0) is 6.54 Å². The number of hydrogen-bond donors (Lipinski definition) is 1. The lowest BCUT2D eigenvalue weighted by Crippen LogP contribution is -2.69. The second kappa shape index (κ2) is 4.53. The van der Waals surface area contributed by atoms with Gasteiger partial charge in [0.15, 0.2) is 0 Å². The monoisotopic (exact) mass is 220 g/mol. The molecule has 3 heteroatoms. The molecule has 16 heavy (non-hydrogen) atoms. The van der Waals surface area contributed by atoms with Gasteiger partial charge in [0.2, 0.25) is 0 Å². The van der Waals surface area contributed by atoms with E-state index in [0.717, 1.165) is 19.6 Å². The molecule has 3 nitrogen and oxygen atoms in total. The van der Waals surface area contributed by atoms with E-state index < -0.39 is 0 Å². The van der Waals surface area contributed by atoms with Gasteiger partial charge in [0, 0.05) is 19.6 Å². The first-order valence-electron chi connectivity index (χ1n) is 5.71. The van der Waals surface area contributed by atoms with Crippen molar-refractivity contribution in [2.24, 2.45) is 0 Å². The maximum atomic E-state index is 9.53. The number of nitrogens with zero attached hydrogens (tertiary/aromatic N) is 2. The summed E-state index contributed by atoms with van der Waals surface area (Å²) in [5.41, 5.74) is 1.26. The van der Waals surface area contributed by atoms with Gasteiger partial charge in [0.05, 0.1) is 12.1 Å². The van der Waals surface area contributed by atoms with Crippen LogP contribution < -0.4 is 0 Å². The van der Waals surface area contributed by atoms with Crippen molar-refractivity contribution < 1.29 is 5.11 Å². The van der Waals surface area contributed by atoms with Gasteiger partial charge < -0.3 is 10.0 Å². The van der Waals surface area contributed by atoms with Crippen molar-refractivity contribution in [3.8, 4) is 0 Å². The second-order valence-corrected chi connectivity index (χ2v) is 4.90. The summed E-state index contributed by atoms with van der Waals surface area (Å²) in [7, 11) is 4.18. The van der Waals surface area contributed by atoms with Crippen molar-refractivity contribution in [1.82, 2.24) is 9.80 Å². The SMILES string of the molecule is CN1CC(CO)(N(C)Cc2ccccc2)C1. The van der Waals surface area contributed by atoms with E-state index in [1.807, 2.05) is 6.07 Å². The van der Waals surface area contributed by atoms with Crippen molar-refractivity contribution in [3.63, 3.8) is 0 Å². The highest BCUT2D eigenvalue weighted by Crippen LogP contribution is 2.26. The average Bonchev–Trinajstić information content (AvgIpc) is 2.25. The van der Waals surface area contributed by atoms with Crippen LogP contribution in [0.4, 0.5) is 0 Å². The molecule has 1 aromatic rings. The Hall–Kier alpha value is -0.900. The van der Waals surface area contributed by atoms with Gasteiger partial charge in [-0.3, -0.25) is 4.90 Å². The van der Waals surface area contributed by atoms with Gasteiger partial charge in [-0.15, -0.1) is 0 Å². The molecule has 0 bridgehead atoms. The molecule has 1 saturated heterocycles. The van der Waals surface area contributed by atoms with Crippen LogP contribution in [0.25, 0.3) is 0 Å². The molecule has 0 saturated carbocycles. The third-order valence-electron chi connectivity index (χ3n) is 3.50. The first-order valence-corrected chi connectivity index (χ1v) is 5.71. The number of likely N-dealkylation sites (N-methyl/N-ethyl adjacent to an activating group) is 2. The molecular formula is C13H20N2O. The Bertz CT molecular complexity index is 333. The lowest BCUT2D eigenvalue weighted by atomic mass is 9.89. The number of aliphatic hydroxyl groups excluding tert-OH is 1. The lowest BCUT2D eigenvalue weighted by molar-refractivity contribution is -0.0663. The molecule has 1 fully saturated rings. The van der Waals surface area contributed by atoms with Gasteiger partial charge in [-0.1, -0.05) is 30.3 Å². The van der Waals surface area contributed by atoms with Gasteiger partial charge in [0.1, 0.15) is 0 Å². The van der Waals surface area contributed by atoms with Crippen molar-refractivity contribution >= 4 is 0 Å². The van der Waals surface area contributed by atoms with E-state index in [-0.39, 0.29) is 12.1 Å². The maximum Gasteiger partial charge on any atom is 0.0696 e. The summed E-state index contributed by atoms with van der Waals surface area (Å²) in [4.78, 5) is 4.50. The fraction of sp³-hybridized carbons (Fsp3) is 0.538. The normalized spacial score (nSPS) is 19.8. The molecule has 1 aliphatic rings. The highest BCUT2D eigenvalue weighted by Gasteiger charge is 2.43. The maximum absolute atomic E-state index is 9.53. The standard InChI is InChI=1S/C13H20N2O/c1-14-9-13(10-14,11-16)15(2)8-12-6-4-3-5-7-12/h3-7,16H,8-11H2,1-2H3. The van der Waals surface area contributed by atoms with E-state index in [0.29, 0.717) is 0 Å². The predicted molar refractivity (Wildman–Crippen MR) is 65.2 cm³/mol. The Kier molecular flexibility index (Phi) is 3.28. The molecule has 1 heterocycles. The minimum Gasteiger partial charge on any atom is -0.394 e. The molecule has 0 spiro atoms. The molecule has 0 atom stereocenters. The Morgan fingerprint density at radius 3 is 2.44 bits per heavy atom. The quantitative estimate of drug-likeness (QED) is 0.813. The summed E-state index contributed by atoms with van der Waals surface area (Å²) in [6.45, 7) is 3.04. The third-order valence-corrected chi connectivity index (χ3v) is 3.50. The summed E-state index contributed by atoms with van der Waals surface area (Å²) in [6.07, 6.45) is 0. The lowest BCUT2D eigenvalue weighted by Gasteiger charge is -2.52. The summed E-state index contributed by atoms with van der Waals surface area (Å²) in [6, 6.07) is 10.4. The number of rotatable bonds is 4. The average molecular weight is 220 g/mol. The number of benzene rings is 1. The first kappa shape index (κ1) is 11.6. The Morgan fingerprint density at radius 2 is 1.94 bits per heavy atom. The molecule has 88 valence electrons. The van der Waals surface area contributed by atoms with Crippen LogP contribution in [0.15, 0.2) is 30.3 Å². The smallest absolute Gasteiger partial charge is 0.0696 e. The van der Waals surface area contributed by atoms with Crippen molar-refractivity contribution in [1.29, 1.82) is 0 Å². The van der Waals surface area contributed by atoms with E-state index in [2.05, 4.69) is 48.2 Å². The molecule has 1 aromatic carbocycles. The van der Waals surface area contributed by atoms with Crippen LogP contribution in [0.5, 0.6) is 0 Å². The highest BCUT2D eigenvalue weighted by atomic mass is 16.3. The Labute approximate surface area is 97.3 Å². The van der Waals surface area contributed by atoms with Crippen LogP contribution in [-0.4, -0.2) is 54.2 Å².